The van der Waals surface area contributed by atoms with E-state index in [-0.39, 0.29) is 0 Å². The van der Waals surface area contributed by atoms with Crippen LogP contribution in [0.25, 0.3) is 0 Å². The highest BCUT2D eigenvalue weighted by atomic mass is 32.2. The molecule has 0 aromatic carbocycles. The summed E-state index contributed by atoms with van der Waals surface area (Å²) >= 11 is 3.01. The highest BCUT2D eigenvalue weighted by molar-refractivity contribution is 7.97. The van der Waals surface area contributed by atoms with Gasteiger partial charge in [-0.1, -0.05) is 0 Å². The number of aryl methyl sites for hydroxylation is 1. The zero-order valence-corrected chi connectivity index (χ0v) is 12.1. The molecule has 0 radical (unpaired) electrons. The molecule has 19 heavy (non-hydrogen) atoms. The molecule has 2 aromatic heterocycles. The van der Waals surface area contributed by atoms with Gasteiger partial charge in [-0.3, -0.25) is 0 Å². The molecule has 100 valence electrons. The standard InChI is InChI=1S/C13H14N2O2S2/c1-9-11(7-12(18-9)13(16)17)19-15-6-5-14-4-2-3-10(14)8-15/h2-4,7H,5-6,8H2,1H3,(H,16,17). The SMILES string of the molecule is Cc1sc(C(=O)O)cc1SN1CCn2cccc2C1. The van der Waals surface area contributed by atoms with Gasteiger partial charge >= 0.3 is 5.97 Å². The second-order valence-electron chi connectivity index (χ2n) is 4.48. The number of nitrogens with zero attached hydrogens (tertiary/aromatic N) is 2. The Morgan fingerprint density at radius 1 is 1.47 bits per heavy atom. The highest BCUT2D eigenvalue weighted by Gasteiger charge is 2.19. The predicted octanol–water partition coefficient (Wildman–Crippen LogP) is 3.08. The number of carbonyl (C=O) groups is 1. The average Bonchev–Trinajstić information content (AvgIpc) is 2.96. The number of carboxylic acid groups (broad SMARTS) is 1. The van der Waals surface area contributed by atoms with Crippen LogP contribution in [-0.4, -0.2) is 26.5 Å². The van der Waals surface area contributed by atoms with Gasteiger partial charge in [-0.25, -0.2) is 9.10 Å². The number of thiophene rings is 1. The van der Waals surface area contributed by atoms with Crippen molar-refractivity contribution in [2.24, 2.45) is 0 Å². The lowest BCUT2D eigenvalue weighted by Crippen LogP contribution is -2.27. The number of carboxylic acids is 1. The first kappa shape index (κ1) is 12.8. The third-order valence-electron chi connectivity index (χ3n) is 3.16. The number of hydrogen-bond acceptors (Lipinski definition) is 4. The lowest BCUT2D eigenvalue weighted by Gasteiger charge is -2.27. The lowest BCUT2D eigenvalue weighted by molar-refractivity contribution is 0.0702. The van der Waals surface area contributed by atoms with Crippen molar-refractivity contribution in [3.63, 3.8) is 0 Å². The van der Waals surface area contributed by atoms with Gasteiger partial charge in [0.05, 0.1) is 0 Å². The van der Waals surface area contributed by atoms with Gasteiger partial charge in [-0.15, -0.1) is 11.3 Å². The Bertz CT molecular complexity index is 618. The largest absolute Gasteiger partial charge is 0.477 e. The summed E-state index contributed by atoms with van der Waals surface area (Å²) in [5.41, 5.74) is 1.31. The van der Waals surface area contributed by atoms with Crippen LogP contribution in [0.3, 0.4) is 0 Å². The summed E-state index contributed by atoms with van der Waals surface area (Å²) in [4.78, 5) is 13.5. The van der Waals surface area contributed by atoms with E-state index < -0.39 is 5.97 Å². The first-order chi connectivity index (χ1) is 9.13. The number of hydrogen-bond donors (Lipinski definition) is 1. The summed E-state index contributed by atoms with van der Waals surface area (Å²) < 4.78 is 4.55. The molecule has 0 atom stereocenters. The first-order valence-corrected chi connectivity index (χ1v) is 7.63. The van der Waals surface area contributed by atoms with Crippen molar-refractivity contribution in [3.8, 4) is 0 Å². The van der Waals surface area contributed by atoms with Crippen molar-refractivity contribution in [1.82, 2.24) is 8.87 Å². The molecule has 1 aliphatic heterocycles. The molecule has 0 aliphatic carbocycles. The molecule has 0 bridgehead atoms. The first-order valence-electron chi connectivity index (χ1n) is 6.04. The molecule has 0 saturated heterocycles. The summed E-state index contributed by atoms with van der Waals surface area (Å²) in [7, 11) is 0. The third kappa shape index (κ3) is 2.56. The van der Waals surface area contributed by atoms with Gasteiger partial charge < -0.3 is 9.67 Å². The Balaban J connectivity index is 1.74. The molecule has 3 heterocycles. The van der Waals surface area contributed by atoms with E-state index >= 15 is 0 Å². The second kappa shape index (κ2) is 5.03. The Labute approximate surface area is 119 Å². The smallest absolute Gasteiger partial charge is 0.345 e. The van der Waals surface area contributed by atoms with E-state index in [1.165, 1.54) is 17.0 Å². The fourth-order valence-corrected chi connectivity index (χ4v) is 4.18. The molecule has 3 rings (SSSR count). The molecule has 1 N–H and O–H groups in total. The maximum atomic E-state index is 11.0. The van der Waals surface area contributed by atoms with Gasteiger partial charge in [-0.05, 0) is 37.1 Å². The van der Waals surface area contributed by atoms with Gasteiger partial charge in [0.2, 0.25) is 0 Å². The second-order valence-corrected chi connectivity index (χ2v) is 6.88. The minimum Gasteiger partial charge on any atom is -0.477 e. The summed E-state index contributed by atoms with van der Waals surface area (Å²) in [5, 5.41) is 9.02. The van der Waals surface area contributed by atoms with Crippen LogP contribution >= 0.6 is 23.3 Å². The van der Waals surface area contributed by atoms with Crippen molar-refractivity contribution >= 4 is 29.3 Å². The van der Waals surface area contributed by atoms with Crippen LogP contribution in [0.15, 0.2) is 29.3 Å². The molecule has 4 nitrogen and oxygen atoms in total. The van der Waals surface area contributed by atoms with Gasteiger partial charge in [-0.2, -0.15) is 0 Å². The quantitative estimate of drug-likeness (QED) is 0.884. The van der Waals surface area contributed by atoms with E-state index in [0.717, 1.165) is 29.4 Å². The molecule has 6 heteroatoms. The van der Waals surface area contributed by atoms with Crippen LogP contribution in [0.1, 0.15) is 20.2 Å². The molecule has 0 spiro atoms. The van der Waals surface area contributed by atoms with Crippen LogP contribution < -0.4 is 0 Å². The van der Waals surface area contributed by atoms with Gasteiger partial charge in [0.1, 0.15) is 4.88 Å². The van der Waals surface area contributed by atoms with Crippen molar-refractivity contribution in [3.05, 3.63) is 39.8 Å². The number of fused-ring (bicyclic) bond motifs is 1. The molecule has 2 aromatic rings. The van der Waals surface area contributed by atoms with Crippen LogP contribution in [0, 0.1) is 6.92 Å². The minimum atomic E-state index is -0.840. The summed E-state index contributed by atoms with van der Waals surface area (Å²) in [6.07, 6.45) is 2.11. The van der Waals surface area contributed by atoms with E-state index in [1.54, 1.807) is 18.0 Å². The van der Waals surface area contributed by atoms with Crippen LogP contribution in [0.5, 0.6) is 0 Å². The van der Waals surface area contributed by atoms with Gasteiger partial charge in [0, 0.05) is 41.3 Å². The molecule has 0 amide bonds. The zero-order valence-electron chi connectivity index (χ0n) is 10.5. The molecule has 0 fully saturated rings. The highest BCUT2D eigenvalue weighted by Crippen LogP contribution is 2.34. The molecule has 0 saturated carbocycles. The van der Waals surface area contributed by atoms with E-state index in [4.69, 9.17) is 5.11 Å². The van der Waals surface area contributed by atoms with E-state index in [2.05, 4.69) is 27.2 Å². The predicted molar refractivity (Wildman–Crippen MR) is 76.7 cm³/mol. The molecule has 1 aliphatic rings. The normalized spacial score (nSPS) is 15.4. The average molecular weight is 294 g/mol. The Morgan fingerprint density at radius 3 is 3.05 bits per heavy atom. The third-order valence-corrected chi connectivity index (χ3v) is 5.52. The fourth-order valence-electron chi connectivity index (χ4n) is 2.17. The maximum absolute atomic E-state index is 11.0. The van der Waals surface area contributed by atoms with Gasteiger partial charge in [0.15, 0.2) is 0 Å². The van der Waals surface area contributed by atoms with Crippen molar-refractivity contribution in [2.75, 3.05) is 6.54 Å². The Hall–Kier alpha value is -1.24. The summed E-state index contributed by atoms with van der Waals surface area (Å²) in [6.45, 7) is 4.84. The number of aromatic carboxylic acids is 1. The summed E-state index contributed by atoms with van der Waals surface area (Å²) in [6, 6.07) is 5.98. The topological polar surface area (TPSA) is 45.5 Å². The monoisotopic (exact) mass is 294 g/mol. The van der Waals surface area contributed by atoms with Crippen LogP contribution in [0.4, 0.5) is 0 Å². The lowest BCUT2D eigenvalue weighted by atomic mass is 10.3. The van der Waals surface area contributed by atoms with Crippen LogP contribution in [-0.2, 0) is 13.1 Å². The van der Waals surface area contributed by atoms with Crippen molar-refractivity contribution < 1.29 is 9.90 Å². The zero-order chi connectivity index (χ0) is 13.4. The van der Waals surface area contributed by atoms with Crippen molar-refractivity contribution in [2.45, 2.75) is 24.9 Å². The van der Waals surface area contributed by atoms with Crippen LogP contribution in [0.2, 0.25) is 0 Å². The maximum Gasteiger partial charge on any atom is 0.345 e. The van der Waals surface area contributed by atoms with Crippen molar-refractivity contribution in [1.29, 1.82) is 0 Å². The van der Waals surface area contributed by atoms with Gasteiger partial charge in [0.25, 0.3) is 0 Å². The minimum absolute atomic E-state index is 0.417. The summed E-state index contributed by atoms with van der Waals surface area (Å²) in [5.74, 6) is -0.840. The molecular weight excluding hydrogens is 280 g/mol. The fraction of sp³-hybridized carbons (Fsp3) is 0.308. The van der Waals surface area contributed by atoms with E-state index in [0.29, 0.717) is 4.88 Å². The Morgan fingerprint density at radius 2 is 2.32 bits per heavy atom. The number of rotatable bonds is 3. The van der Waals surface area contributed by atoms with E-state index in [1.807, 2.05) is 6.92 Å². The van der Waals surface area contributed by atoms with E-state index in [9.17, 15) is 4.79 Å². The molecular formula is C13H14N2O2S2. The number of aromatic nitrogens is 1. The molecule has 0 unspecified atom stereocenters. The Kier molecular flexibility index (Phi) is 3.38.